The third kappa shape index (κ3) is 1.26. The molecule has 1 heterocycles. The zero-order valence-electron chi connectivity index (χ0n) is 6.76. The number of rotatable bonds is 2. The van der Waals surface area contributed by atoms with Crippen molar-refractivity contribution in [3.63, 3.8) is 0 Å². The maximum absolute atomic E-state index is 13.1. The Labute approximate surface area is 65.0 Å². The van der Waals surface area contributed by atoms with Crippen molar-refractivity contribution >= 4 is 0 Å². The predicted molar refractivity (Wildman–Crippen MR) is 40.5 cm³/mol. The summed E-state index contributed by atoms with van der Waals surface area (Å²) in [5.74, 6) is -0.299. The number of nitrogens with zero attached hydrogens (tertiary/aromatic N) is 2. The zero-order chi connectivity index (χ0) is 8.43. The van der Waals surface area contributed by atoms with Crippen LogP contribution in [-0.2, 0) is 13.1 Å². The minimum atomic E-state index is -0.299. The molecule has 1 rings (SSSR count). The van der Waals surface area contributed by atoms with Crippen LogP contribution in [0.4, 0.5) is 4.39 Å². The molecule has 0 aromatic carbocycles. The Morgan fingerprint density at radius 2 is 2.27 bits per heavy atom. The van der Waals surface area contributed by atoms with Gasteiger partial charge in [0.1, 0.15) is 0 Å². The molecule has 0 unspecified atom stereocenters. The summed E-state index contributed by atoms with van der Waals surface area (Å²) >= 11 is 0. The van der Waals surface area contributed by atoms with Crippen LogP contribution in [0.15, 0.2) is 0 Å². The summed E-state index contributed by atoms with van der Waals surface area (Å²) in [7, 11) is 0. The smallest absolute Gasteiger partial charge is 0.216 e. The van der Waals surface area contributed by atoms with E-state index in [4.69, 9.17) is 5.73 Å². The van der Waals surface area contributed by atoms with Gasteiger partial charge in [0, 0.05) is 18.7 Å². The van der Waals surface area contributed by atoms with Crippen molar-refractivity contribution in [2.45, 2.75) is 26.9 Å². The summed E-state index contributed by atoms with van der Waals surface area (Å²) < 4.78 is 14.4. The van der Waals surface area contributed by atoms with Gasteiger partial charge < -0.3 is 5.73 Å². The Balaban J connectivity index is 3.14. The molecule has 0 spiro atoms. The number of hydrogen-bond donors (Lipinski definition) is 1. The van der Waals surface area contributed by atoms with Gasteiger partial charge in [0.15, 0.2) is 0 Å². The largest absolute Gasteiger partial charge is 0.326 e. The molecular formula is C7H12FN3. The quantitative estimate of drug-likeness (QED) is 0.690. The van der Waals surface area contributed by atoms with E-state index in [-0.39, 0.29) is 12.5 Å². The van der Waals surface area contributed by atoms with Crippen molar-refractivity contribution in [1.29, 1.82) is 0 Å². The number of aryl methyl sites for hydroxylation is 2. The minimum Gasteiger partial charge on any atom is -0.326 e. The third-order valence-corrected chi connectivity index (χ3v) is 1.69. The second-order valence-electron chi connectivity index (χ2n) is 2.37. The van der Waals surface area contributed by atoms with E-state index in [0.717, 1.165) is 0 Å². The summed E-state index contributed by atoms with van der Waals surface area (Å²) in [6.45, 7) is 4.37. The number of nitrogens with two attached hydrogens (primary N) is 1. The lowest BCUT2D eigenvalue weighted by Crippen LogP contribution is -2.03. The Morgan fingerprint density at radius 3 is 2.55 bits per heavy atom. The van der Waals surface area contributed by atoms with E-state index < -0.39 is 0 Å². The van der Waals surface area contributed by atoms with Gasteiger partial charge in [0.05, 0.1) is 5.69 Å². The predicted octanol–water partition coefficient (Wildman–Crippen LogP) is 0.809. The summed E-state index contributed by atoms with van der Waals surface area (Å²) in [5, 5.41) is 3.96. The lowest BCUT2D eigenvalue weighted by molar-refractivity contribution is 0.464. The molecule has 0 saturated carbocycles. The summed E-state index contributed by atoms with van der Waals surface area (Å²) in [6, 6.07) is 0. The van der Waals surface area contributed by atoms with Gasteiger partial charge in [-0.2, -0.15) is 9.49 Å². The summed E-state index contributed by atoms with van der Waals surface area (Å²) in [4.78, 5) is 0. The molecular weight excluding hydrogens is 145 g/mol. The summed E-state index contributed by atoms with van der Waals surface area (Å²) in [5.41, 5.74) is 6.53. The molecule has 0 aliphatic carbocycles. The molecule has 11 heavy (non-hydrogen) atoms. The molecule has 0 atom stereocenters. The lowest BCUT2D eigenvalue weighted by atomic mass is 10.3. The highest BCUT2D eigenvalue weighted by molar-refractivity contribution is 5.16. The van der Waals surface area contributed by atoms with Gasteiger partial charge in [-0.15, -0.1) is 0 Å². The van der Waals surface area contributed by atoms with Gasteiger partial charge in [-0.25, -0.2) is 4.68 Å². The standard InChI is InChI=1S/C7H12FN3/c1-3-11-7(8)6(4-9)5(2)10-11/h3-4,9H2,1-2H3. The van der Waals surface area contributed by atoms with Crippen LogP contribution in [0.3, 0.4) is 0 Å². The fourth-order valence-electron chi connectivity index (χ4n) is 1.03. The van der Waals surface area contributed by atoms with Crippen molar-refractivity contribution in [3.05, 3.63) is 17.2 Å². The fraction of sp³-hybridized carbons (Fsp3) is 0.571. The van der Waals surface area contributed by atoms with Gasteiger partial charge in [-0.3, -0.25) is 0 Å². The first kappa shape index (κ1) is 8.20. The second-order valence-corrected chi connectivity index (χ2v) is 2.37. The molecule has 3 nitrogen and oxygen atoms in total. The van der Waals surface area contributed by atoms with Crippen molar-refractivity contribution < 1.29 is 4.39 Å². The maximum Gasteiger partial charge on any atom is 0.216 e. The topological polar surface area (TPSA) is 43.8 Å². The molecule has 0 aliphatic rings. The average molecular weight is 157 g/mol. The first-order chi connectivity index (χ1) is 5.20. The summed E-state index contributed by atoms with van der Waals surface area (Å²) in [6.07, 6.45) is 0. The Morgan fingerprint density at radius 1 is 1.64 bits per heavy atom. The number of halogens is 1. The van der Waals surface area contributed by atoms with Crippen molar-refractivity contribution in [3.8, 4) is 0 Å². The highest BCUT2D eigenvalue weighted by atomic mass is 19.1. The van der Waals surface area contributed by atoms with Crippen molar-refractivity contribution in [2.75, 3.05) is 0 Å². The molecule has 4 heteroatoms. The van der Waals surface area contributed by atoms with Crippen LogP contribution in [0.2, 0.25) is 0 Å². The van der Waals surface area contributed by atoms with Crippen LogP contribution in [0.5, 0.6) is 0 Å². The number of aromatic nitrogens is 2. The van der Waals surface area contributed by atoms with Gasteiger partial charge >= 0.3 is 0 Å². The monoisotopic (exact) mass is 157 g/mol. The molecule has 0 saturated heterocycles. The van der Waals surface area contributed by atoms with E-state index >= 15 is 0 Å². The van der Waals surface area contributed by atoms with Gasteiger partial charge in [-0.1, -0.05) is 0 Å². The Hall–Kier alpha value is -0.900. The van der Waals surface area contributed by atoms with E-state index in [9.17, 15) is 4.39 Å². The Kier molecular flexibility index (Phi) is 2.24. The normalized spacial score (nSPS) is 10.5. The van der Waals surface area contributed by atoms with Crippen LogP contribution in [0.25, 0.3) is 0 Å². The average Bonchev–Trinajstić information content (AvgIpc) is 2.26. The van der Waals surface area contributed by atoms with E-state index in [0.29, 0.717) is 17.8 Å². The van der Waals surface area contributed by atoms with Gasteiger partial charge in [0.25, 0.3) is 0 Å². The maximum atomic E-state index is 13.1. The van der Waals surface area contributed by atoms with Crippen LogP contribution in [-0.4, -0.2) is 9.78 Å². The molecule has 2 N–H and O–H groups in total. The van der Waals surface area contributed by atoms with Crippen molar-refractivity contribution in [1.82, 2.24) is 9.78 Å². The third-order valence-electron chi connectivity index (χ3n) is 1.69. The Bertz CT molecular complexity index is 254. The first-order valence-electron chi connectivity index (χ1n) is 3.62. The van der Waals surface area contributed by atoms with Gasteiger partial charge in [-0.05, 0) is 13.8 Å². The zero-order valence-corrected chi connectivity index (χ0v) is 6.76. The molecule has 1 aromatic rings. The SMILES string of the molecule is CCn1nc(C)c(CN)c1F. The van der Waals surface area contributed by atoms with E-state index in [1.165, 1.54) is 4.68 Å². The van der Waals surface area contributed by atoms with Crippen LogP contribution >= 0.6 is 0 Å². The molecule has 0 bridgehead atoms. The van der Waals surface area contributed by atoms with Crippen LogP contribution in [0.1, 0.15) is 18.2 Å². The molecule has 62 valence electrons. The highest BCUT2D eigenvalue weighted by Gasteiger charge is 2.11. The first-order valence-corrected chi connectivity index (χ1v) is 3.62. The van der Waals surface area contributed by atoms with E-state index in [2.05, 4.69) is 5.10 Å². The van der Waals surface area contributed by atoms with E-state index in [1.54, 1.807) is 6.92 Å². The minimum absolute atomic E-state index is 0.220. The molecule has 0 radical (unpaired) electrons. The second kappa shape index (κ2) is 3.00. The van der Waals surface area contributed by atoms with Gasteiger partial charge in [0.2, 0.25) is 5.95 Å². The number of hydrogen-bond acceptors (Lipinski definition) is 2. The molecule has 0 aliphatic heterocycles. The van der Waals surface area contributed by atoms with Crippen LogP contribution in [0, 0.1) is 12.9 Å². The molecule has 0 amide bonds. The van der Waals surface area contributed by atoms with E-state index in [1.807, 2.05) is 6.92 Å². The molecule has 1 aromatic heterocycles. The fourth-order valence-corrected chi connectivity index (χ4v) is 1.03. The lowest BCUT2D eigenvalue weighted by Gasteiger charge is -1.94. The highest BCUT2D eigenvalue weighted by Crippen LogP contribution is 2.10. The molecule has 0 fully saturated rings. The van der Waals surface area contributed by atoms with Crippen LogP contribution < -0.4 is 5.73 Å². The van der Waals surface area contributed by atoms with Crippen molar-refractivity contribution in [2.24, 2.45) is 5.73 Å².